The molecule has 1 N–H and O–H groups in total. The molecular formula is C23H33NO. The van der Waals surface area contributed by atoms with Gasteiger partial charge in [-0.05, 0) is 80.6 Å². The molecule has 0 saturated heterocycles. The molecule has 0 aromatic rings. The van der Waals surface area contributed by atoms with Crippen LogP contribution in [0.25, 0.3) is 0 Å². The summed E-state index contributed by atoms with van der Waals surface area (Å²) in [5, 5.41) is 8.12. The molecule has 0 amide bonds. The molecular weight excluding hydrogens is 306 g/mol. The van der Waals surface area contributed by atoms with Gasteiger partial charge in [-0.25, -0.2) is 0 Å². The molecule has 1 aliphatic heterocycles. The molecule has 0 aromatic heterocycles. The lowest BCUT2D eigenvalue weighted by Crippen LogP contribution is -2.54. The molecule has 0 bridgehead atoms. The number of nitrogens with one attached hydrogen (secondary N) is 1. The number of hydrogen-bond acceptors (Lipinski definition) is 2. The van der Waals surface area contributed by atoms with E-state index < -0.39 is 0 Å². The second-order valence-electron chi connectivity index (χ2n) is 9.71. The highest BCUT2D eigenvalue weighted by atomic mass is 16.5. The molecule has 2 nitrogen and oxygen atoms in total. The highest BCUT2D eigenvalue weighted by Gasteiger charge is 2.64. The zero-order chi connectivity index (χ0) is 17.2. The normalized spacial score (nSPS) is 51.2. The molecule has 4 aliphatic carbocycles. The highest BCUT2D eigenvalue weighted by molar-refractivity contribution is 5.93. The van der Waals surface area contributed by atoms with Crippen molar-refractivity contribution in [2.24, 2.45) is 35.0 Å². The number of hydrogen-bond donors (Lipinski definition) is 1. The Morgan fingerprint density at radius 2 is 2.12 bits per heavy atom. The molecule has 1 heterocycles. The van der Waals surface area contributed by atoms with Crippen molar-refractivity contribution in [3.63, 3.8) is 0 Å². The summed E-state index contributed by atoms with van der Waals surface area (Å²) in [6.07, 6.45) is 17.1. The average molecular weight is 340 g/mol. The summed E-state index contributed by atoms with van der Waals surface area (Å²) in [5.74, 6) is 4.19. The van der Waals surface area contributed by atoms with Crippen LogP contribution in [0.5, 0.6) is 0 Å². The van der Waals surface area contributed by atoms with Crippen molar-refractivity contribution in [3.05, 3.63) is 23.8 Å². The van der Waals surface area contributed by atoms with E-state index in [1.807, 2.05) is 0 Å². The zero-order valence-corrected chi connectivity index (χ0v) is 15.9. The van der Waals surface area contributed by atoms with Crippen LogP contribution in [0.3, 0.4) is 0 Å². The van der Waals surface area contributed by atoms with Gasteiger partial charge in [0, 0.05) is 11.1 Å². The van der Waals surface area contributed by atoms with Gasteiger partial charge in [0.1, 0.15) is 0 Å². The van der Waals surface area contributed by atoms with Gasteiger partial charge in [0.25, 0.3) is 0 Å². The van der Waals surface area contributed by atoms with Gasteiger partial charge in [-0.15, -0.1) is 0 Å². The highest BCUT2D eigenvalue weighted by Crippen LogP contribution is 2.67. The summed E-state index contributed by atoms with van der Waals surface area (Å²) in [7, 11) is 0. The number of allylic oxidation sites excluding steroid dienone is 2. The monoisotopic (exact) mass is 339 g/mol. The Balaban J connectivity index is 1.52. The summed E-state index contributed by atoms with van der Waals surface area (Å²) in [4.78, 5) is 0. The first kappa shape index (κ1) is 16.3. The van der Waals surface area contributed by atoms with Crippen LogP contribution in [-0.2, 0) is 4.74 Å². The molecule has 0 aromatic carbocycles. The van der Waals surface area contributed by atoms with Crippen LogP contribution in [0.2, 0.25) is 0 Å². The van der Waals surface area contributed by atoms with Crippen LogP contribution in [0, 0.1) is 40.4 Å². The largest absolute Gasteiger partial charge is 0.366 e. The van der Waals surface area contributed by atoms with Crippen molar-refractivity contribution in [1.29, 1.82) is 5.41 Å². The van der Waals surface area contributed by atoms with Crippen molar-refractivity contribution >= 4 is 5.71 Å². The Morgan fingerprint density at radius 1 is 1.24 bits per heavy atom. The van der Waals surface area contributed by atoms with Gasteiger partial charge in [0.2, 0.25) is 0 Å². The van der Waals surface area contributed by atoms with Crippen LogP contribution >= 0.6 is 0 Å². The van der Waals surface area contributed by atoms with Crippen molar-refractivity contribution < 1.29 is 4.74 Å². The number of ether oxygens (including phenoxy) is 1. The summed E-state index contributed by atoms with van der Waals surface area (Å²) >= 11 is 0. The average Bonchev–Trinajstić information content (AvgIpc) is 3.20. The van der Waals surface area contributed by atoms with Crippen molar-refractivity contribution in [2.75, 3.05) is 6.61 Å². The lowest BCUT2D eigenvalue weighted by atomic mass is 9.48. The number of rotatable bonds is 1. The Kier molecular flexibility index (Phi) is 3.62. The third-order valence-electron chi connectivity index (χ3n) is 9.04. The van der Waals surface area contributed by atoms with Crippen molar-refractivity contribution in [1.82, 2.24) is 0 Å². The van der Waals surface area contributed by atoms with E-state index in [1.54, 1.807) is 5.57 Å². The molecule has 5 rings (SSSR count). The van der Waals surface area contributed by atoms with Crippen LogP contribution < -0.4 is 0 Å². The summed E-state index contributed by atoms with van der Waals surface area (Å²) in [6.45, 7) is 5.79. The van der Waals surface area contributed by atoms with Crippen LogP contribution in [0.4, 0.5) is 0 Å². The second kappa shape index (κ2) is 5.55. The predicted octanol–water partition coefficient (Wildman–Crippen LogP) is 5.54. The van der Waals surface area contributed by atoms with Gasteiger partial charge in [-0.3, -0.25) is 0 Å². The van der Waals surface area contributed by atoms with E-state index in [9.17, 15) is 0 Å². The Morgan fingerprint density at radius 3 is 2.88 bits per heavy atom. The van der Waals surface area contributed by atoms with Gasteiger partial charge < -0.3 is 10.1 Å². The molecule has 2 heteroatoms. The van der Waals surface area contributed by atoms with E-state index in [2.05, 4.69) is 32.1 Å². The standard InChI is InChI=1S/C23H33NO/c1-3-15-13-16-14-17(24)5-6-18(16)19-7-10-22(2)20(21(15)19)8-11-23(22)9-4-12-25-23/h4,9,14-15,18-21,24H,3,5-8,10-13H2,1-2H3. The maximum atomic E-state index is 8.12. The van der Waals surface area contributed by atoms with Crippen molar-refractivity contribution in [2.45, 2.75) is 70.8 Å². The lowest BCUT2D eigenvalue weighted by molar-refractivity contribution is -0.121. The molecule has 25 heavy (non-hydrogen) atoms. The quantitative estimate of drug-likeness (QED) is 0.625. The molecule has 3 fully saturated rings. The SMILES string of the molecule is CCC1CC2=CC(=N)CCC2C2CCC3(C)C(CCC34C=CCO4)C12. The van der Waals surface area contributed by atoms with Gasteiger partial charge in [0.15, 0.2) is 0 Å². The van der Waals surface area contributed by atoms with E-state index in [4.69, 9.17) is 10.1 Å². The topological polar surface area (TPSA) is 33.1 Å². The second-order valence-corrected chi connectivity index (χ2v) is 9.71. The van der Waals surface area contributed by atoms with E-state index >= 15 is 0 Å². The summed E-state index contributed by atoms with van der Waals surface area (Å²) < 4.78 is 6.39. The first-order valence-electron chi connectivity index (χ1n) is 10.7. The number of fused-ring (bicyclic) bond motifs is 6. The molecule has 136 valence electrons. The molecule has 0 radical (unpaired) electrons. The van der Waals surface area contributed by atoms with E-state index in [0.29, 0.717) is 5.41 Å². The van der Waals surface area contributed by atoms with Gasteiger partial charge in [-0.2, -0.15) is 0 Å². The maximum Gasteiger partial charge on any atom is 0.0923 e. The van der Waals surface area contributed by atoms with Gasteiger partial charge in [0.05, 0.1) is 12.2 Å². The fourth-order valence-electron chi connectivity index (χ4n) is 7.86. The summed E-state index contributed by atoms with van der Waals surface area (Å²) in [5.41, 5.74) is 2.91. The fraction of sp³-hybridized carbons (Fsp3) is 0.783. The van der Waals surface area contributed by atoms with Crippen LogP contribution in [-0.4, -0.2) is 17.9 Å². The Bertz CT molecular complexity index is 648. The first-order chi connectivity index (χ1) is 12.1. The Hall–Kier alpha value is -0.890. The zero-order valence-electron chi connectivity index (χ0n) is 15.9. The molecule has 5 aliphatic rings. The minimum Gasteiger partial charge on any atom is -0.366 e. The lowest BCUT2D eigenvalue weighted by Gasteiger charge is -2.58. The smallest absolute Gasteiger partial charge is 0.0923 e. The van der Waals surface area contributed by atoms with Crippen LogP contribution in [0.1, 0.15) is 65.2 Å². The first-order valence-corrected chi connectivity index (χ1v) is 10.7. The Labute approximate surface area is 152 Å². The van der Waals surface area contributed by atoms with Gasteiger partial charge in [-0.1, -0.05) is 38.0 Å². The maximum absolute atomic E-state index is 8.12. The third kappa shape index (κ3) is 2.10. The third-order valence-corrected chi connectivity index (χ3v) is 9.04. The molecule has 7 unspecified atom stereocenters. The molecule has 3 saturated carbocycles. The minimum absolute atomic E-state index is 0.0474. The fourth-order valence-corrected chi connectivity index (χ4v) is 7.86. The van der Waals surface area contributed by atoms with E-state index in [1.165, 1.54) is 44.9 Å². The molecule has 7 atom stereocenters. The van der Waals surface area contributed by atoms with E-state index in [-0.39, 0.29) is 5.60 Å². The van der Waals surface area contributed by atoms with Crippen molar-refractivity contribution in [3.8, 4) is 0 Å². The minimum atomic E-state index is 0.0474. The van der Waals surface area contributed by atoms with E-state index in [0.717, 1.165) is 48.3 Å². The van der Waals surface area contributed by atoms with Crippen LogP contribution in [0.15, 0.2) is 23.8 Å². The predicted molar refractivity (Wildman–Crippen MR) is 102 cm³/mol. The molecule has 1 spiro atoms. The summed E-state index contributed by atoms with van der Waals surface area (Å²) in [6, 6.07) is 0. The van der Waals surface area contributed by atoms with Gasteiger partial charge >= 0.3 is 0 Å².